The van der Waals surface area contributed by atoms with Crippen LogP contribution in [0.5, 0.6) is 0 Å². The van der Waals surface area contributed by atoms with Crippen LogP contribution in [0.1, 0.15) is 13.3 Å². The van der Waals surface area contributed by atoms with Crippen molar-refractivity contribution in [2.24, 2.45) is 0 Å². The molecule has 16 heavy (non-hydrogen) atoms. The minimum Gasteiger partial charge on any atom is -0.337 e. The number of Topliss-reactive ketones (excluding diaryl/α,β-unsaturated/α-hetero) is 1. The Balaban J connectivity index is 2.37. The van der Waals surface area contributed by atoms with Crippen molar-refractivity contribution in [2.45, 2.75) is 13.3 Å². The predicted molar refractivity (Wildman–Crippen MR) is 66.5 cm³/mol. The van der Waals surface area contributed by atoms with Crippen LogP contribution in [0, 0.1) is 0 Å². The molecule has 0 atom stereocenters. The lowest BCUT2D eigenvalue weighted by Gasteiger charge is -2.06. The topological polar surface area (TPSA) is 58.2 Å². The van der Waals surface area contributed by atoms with Gasteiger partial charge in [0.1, 0.15) is 5.78 Å². The number of hydrogen-bond donors (Lipinski definition) is 2. The van der Waals surface area contributed by atoms with Gasteiger partial charge in [0.05, 0.1) is 0 Å². The van der Waals surface area contributed by atoms with Gasteiger partial charge in [-0.3, -0.25) is 4.79 Å². The molecule has 5 heteroatoms. The van der Waals surface area contributed by atoms with Gasteiger partial charge in [-0.1, -0.05) is 22.0 Å². The van der Waals surface area contributed by atoms with Gasteiger partial charge in [0.15, 0.2) is 0 Å². The Hall–Kier alpha value is -1.36. The lowest BCUT2D eigenvalue weighted by atomic mass is 10.3. The van der Waals surface area contributed by atoms with Gasteiger partial charge in [0.2, 0.25) is 0 Å². The van der Waals surface area contributed by atoms with Gasteiger partial charge in [-0.2, -0.15) is 0 Å². The Morgan fingerprint density at radius 2 is 2.12 bits per heavy atom. The van der Waals surface area contributed by atoms with Gasteiger partial charge in [-0.15, -0.1) is 0 Å². The van der Waals surface area contributed by atoms with E-state index in [-0.39, 0.29) is 11.8 Å². The van der Waals surface area contributed by atoms with E-state index in [1.54, 1.807) is 12.1 Å². The summed E-state index contributed by atoms with van der Waals surface area (Å²) in [7, 11) is 0. The van der Waals surface area contributed by atoms with Crippen LogP contribution in [0.2, 0.25) is 0 Å². The summed E-state index contributed by atoms with van der Waals surface area (Å²) in [6.07, 6.45) is 0.353. The van der Waals surface area contributed by atoms with Crippen LogP contribution in [0.25, 0.3) is 0 Å². The van der Waals surface area contributed by atoms with Crippen LogP contribution < -0.4 is 10.6 Å². The second-order valence-electron chi connectivity index (χ2n) is 3.34. The molecule has 1 rings (SSSR count). The van der Waals surface area contributed by atoms with E-state index in [2.05, 4.69) is 26.6 Å². The maximum atomic E-state index is 11.4. The van der Waals surface area contributed by atoms with Crippen LogP contribution in [0.15, 0.2) is 28.7 Å². The molecule has 86 valence electrons. The fourth-order valence-electron chi connectivity index (χ4n) is 1.09. The highest BCUT2D eigenvalue weighted by Crippen LogP contribution is 2.15. The summed E-state index contributed by atoms with van der Waals surface area (Å²) < 4.78 is 0.897. The molecule has 0 radical (unpaired) electrons. The van der Waals surface area contributed by atoms with E-state index >= 15 is 0 Å². The van der Waals surface area contributed by atoms with Gasteiger partial charge >= 0.3 is 6.03 Å². The van der Waals surface area contributed by atoms with E-state index in [0.717, 1.165) is 4.47 Å². The maximum Gasteiger partial charge on any atom is 0.319 e. The summed E-state index contributed by atoms with van der Waals surface area (Å²) in [5.74, 6) is 0.0581. The van der Waals surface area contributed by atoms with E-state index in [9.17, 15) is 9.59 Å². The van der Waals surface area contributed by atoms with E-state index in [1.807, 2.05) is 12.1 Å². The Morgan fingerprint density at radius 1 is 1.38 bits per heavy atom. The number of halogens is 1. The first-order chi connectivity index (χ1) is 7.58. The molecule has 0 unspecified atom stereocenters. The van der Waals surface area contributed by atoms with Crippen molar-refractivity contribution in [3.05, 3.63) is 28.7 Å². The summed E-state index contributed by atoms with van der Waals surface area (Å²) in [6, 6.07) is 6.98. The van der Waals surface area contributed by atoms with Gasteiger partial charge in [0.25, 0.3) is 0 Å². The number of carbonyl (C=O) groups is 2. The highest BCUT2D eigenvalue weighted by atomic mass is 79.9. The van der Waals surface area contributed by atoms with Gasteiger partial charge in [-0.25, -0.2) is 4.79 Å². The molecule has 0 aliphatic heterocycles. The normalized spacial score (nSPS) is 9.62. The zero-order valence-corrected chi connectivity index (χ0v) is 10.5. The Morgan fingerprint density at radius 3 is 2.75 bits per heavy atom. The van der Waals surface area contributed by atoms with Crippen molar-refractivity contribution in [3.63, 3.8) is 0 Å². The molecule has 4 nitrogen and oxygen atoms in total. The van der Waals surface area contributed by atoms with Crippen molar-refractivity contribution in [1.82, 2.24) is 5.32 Å². The van der Waals surface area contributed by atoms with Crippen LogP contribution in [-0.2, 0) is 4.79 Å². The zero-order valence-electron chi connectivity index (χ0n) is 8.92. The molecular formula is C11H13BrN2O2. The van der Waals surface area contributed by atoms with E-state index < -0.39 is 0 Å². The molecular weight excluding hydrogens is 272 g/mol. The smallest absolute Gasteiger partial charge is 0.319 e. The van der Waals surface area contributed by atoms with Crippen LogP contribution in [0.3, 0.4) is 0 Å². The first-order valence-corrected chi connectivity index (χ1v) is 5.67. The molecule has 0 saturated heterocycles. The first kappa shape index (κ1) is 12.7. The predicted octanol–water partition coefficient (Wildman–Crippen LogP) is 2.55. The largest absolute Gasteiger partial charge is 0.337 e. The second kappa shape index (κ2) is 6.27. The third kappa shape index (κ3) is 4.93. The third-order valence-electron chi connectivity index (χ3n) is 1.85. The van der Waals surface area contributed by atoms with Gasteiger partial charge in [0, 0.05) is 23.1 Å². The second-order valence-corrected chi connectivity index (χ2v) is 4.26. The van der Waals surface area contributed by atoms with Gasteiger partial charge < -0.3 is 10.6 Å². The molecule has 0 aliphatic rings. The van der Waals surface area contributed by atoms with Crippen LogP contribution in [-0.4, -0.2) is 18.4 Å². The molecule has 0 fully saturated rings. The fraction of sp³-hybridized carbons (Fsp3) is 0.273. The number of ketones is 1. The van der Waals surface area contributed by atoms with E-state index in [1.165, 1.54) is 6.92 Å². The lowest BCUT2D eigenvalue weighted by molar-refractivity contribution is -0.116. The number of hydrogen-bond acceptors (Lipinski definition) is 2. The molecule has 2 amide bonds. The Labute approximate surface area is 103 Å². The minimum absolute atomic E-state index is 0.0581. The summed E-state index contributed by atoms with van der Waals surface area (Å²) in [4.78, 5) is 22.0. The number of benzene rings is 1. The molecule has 0 aromatic heterocycles. The quantitative estimate of drug-likeness (QED) is 0.893. The average molecular weight is 285 g/mol. The first-order valence-electron chi connectivity index (χ1n) is 4.88. The Bertz CT molecular complexity index is 393. The molecule has 1 aromatic rings. The number of nitrogens with one attached hydrogen (secondary N) is 2. The zero-order chi connectivity index (χ0) is 12.0. The summed E-state index contributed by atoms with van der Waals surface area (Å²) >= 11 is 3.31. The maximum absolute atomic E-state index is 11.4. The summed E-state index contributed by atoms with van der Waals surface area (Å²) in [5, 5.41) is 5.26. The lowest BCUT2D eigenvalue weighted by Crippen LogP contribution is -2.30. The number of rotatable bonds is 4. The van der Waals surface area contributed by atoms with E-state index in [0.29, 0.717) is 18.7 Å². The highest BCUT2D eigenvalue weighted by molar-refractivity contribution is 9.10. The summed E-state index contributed by atoms with van der Waals surface area (Å²) in [6.45, 7) is 1.85. The van der Waals surface area contributed by atoms with Crippen LogP contribution >= 0.6 is 15.9 Å². The molecule has 0 spiro atoms. The molecule has 0 bridgehead atoms. The molecule has 0 saturated carbocycles. The minimum atomic E-state index is -0.306. The number of amides is 2. The number of anilines is 1. The van der Waals surface area contributed by atoms with Gasteiger partial charge in [-0.05, 0) is 25.1 Å². The molecule has 0 heterocycles. The highest BCUT2D eigenvalue weighted by Gasteiger charge is 2.01. The monoisotopic (exact) mass is 284 g/mol. The van der Waals surface area contributed by atoms with Crippen LogP contribution in [0.4, 0.5) is 10.5 Å². The SMILES string of the molecule is CC(=O)CCNC(=O)Nc1cccc(Br)c1. The van der Waals surface area contributed by atoms with Crippen molar-refractivity contribution in [1.29, 1.82) is 0 Å². The van der Waals surface area contributed by atoms with Crippen molar-refractivity contribution < 1.29 is 9.59 Å². The summed E-state index contributed by atoms with van der Waals surface area (Å²) in [5.41, 5.74) is 0.703. The van der Waals surface area contributed by atoms with Crippen molar-refractivity contribution in [3.8, 4) is 0 Å². The Kier molecular flexibility index (Phi) is 4.98. The standard InChI is InChI=1S/C11H13BrN2O2/c1-8(15)5-6-13-11(16)14-10-4-2-3-9(12)7-10/h2-4,7H,5-6H2,1H3,(H2,13,14,16). The van der Waals surface area contributed by atoms with E-state index in [4.69, 9.17) is 0 Å². The van der Waals surface area contributed by atoms with Crippen molar-refractivity contribution in [2.75, 3.05) is 11.9 Å². The fourth-order valence-corrected chi connectivity index (χ4v) is 1.49. The number of carbonyl (C=O) groups excluding carboxylic acids is 2. The molecule has 2 N–H and O–H groups in total. The van der Waals surface area contributed by atoms with Crippen molar-refractivity contribution >= 4 is 33.4 Å². The number of urea groups is 1. The average Bonchev–Trinajstić information content (AvgIpc) is 2.16. The molecule has 1 aromatic carbocycles. The molecule has 0 aliphatic carbocycles. The third-order valence-corrected chi connectivity index (χ3v) is 2.34.